The van der Waals surface area contributed by atoms with Gasteiger partial charge < -0.3 is 23.7 Å². The molecule has 0 aromatic carbocycles. The number of carbonyl (C=O) groups excluding carboxylic acids is 8. The van der Waals surface area contributed by atoms with Gasteiger partial charge in [-0.15, -0.1) is 0 Å². The summed E-state index contributed by atoms with van der Waals surface area (Å²) in [6.45, 7) is 1.37. The monoisotopic (exact) mass is 1200 g/mol. The largest absolute Gasteiger partial charge is 0.465 e. The molecule has 0 unspecified atom stereocenters. The van der Waals surface area contributed by atoms with Gasteiger partial charge in [-0.2, -0.15) is 0 Å². The molecule has 4 aromatic rings. The van der Waals surface area contributed by atoms with Gasteiger partial charge in [0.2, 0.25) is 0 Å². The molecule has 4 rings (SSSR count). The fourth-order valence-electron chi connectivity index (χ4n) is 7.78. The molecule has 0 fully saturated rings. The van der Waals surface area contributed by atoms with Crippen LogP contribution in [0.3, 0.4) is 0 Å². The number of carbonyl (C=O) groups is 8. The van der Waals surface area contributed by atoms with E-state index in [0.29, 0.717) is 9.13 Å². The molecule has 85 heavy (non-hydrogen) atoms. The third kappa shape index (κ3) is 22.5. The van der Waals surface area contributed by atoms with Crippen molar-refractivity contribution >= 4 is 47.6 Å². The Kier molecular flexibility index (Phi) is 25.2. The first-order valence-electron chi connectivity index (χ1n) is 25.8. The number of amides is 3. The van der Waals surface area contributed by atoms with Gasteiger partial charge in [-0.1, -0.05) is 0 Å². The number of hydrazine groups is 4. The van der Waals surface area contributed by atoms with Gasteiger partial charge in [0.1, 0.15) is 58.0 Å². The van der Waals surface area contributed by atoms with Crippen molar-refractivity contribution in [3.63, 3.8) is 0 Å². The second-order valence-electron chi connectivity index (χ2n) is 18.9. The van der Waals surface area contributed by atoms with E-state index in [9.17, 15) is 76.7 Å². The van der Waals surface area contributed by atoms with Crippen molar-refractivity contribution in [1.82, 2.24) is 74.5 Å². The van der Waals surface area contributed by atoms with Crippen LogP contribution in [0.25, 0.3) is 0 Å². The molecule has 0 spiro atoms. The first-order valence-corrected chi connectivity index (χ1v) is 25.8. The summed E-state index contributed by atoms with van der Waals surface area (Å²) < 4.78 is 28.3. The molecule has 0 aliphatic carbocycles. The van der Waals surface area contributed by atoms with E-state index in [4.69, 9.17) is 29.5 Å². The van der Waals surface area contributed by atoms with Crippen molar-refractivity contribution in [1.29, 1.82) is 0 Å². The highest BCUT2D eigenvalue weighted by molar-refractivity contribution is 5.78. The predicted octanol–water partition coefficient (Wildman–Crippen LogP) is -7.04. The van der Waals surface area contributed by atoms with Crippen LogP contribution in [0.15, 0.2) is 62.6 Å². The highest BCUT2D eigenvalue weighted by Gasteiger charge is 2.26. The number of aromatic nitrogens is 8. The molecular formula is C48H66N16O21. The first-order chi connectivity index (χ1) is 40.0. The Hall–Kier alpha value is -9.72. The molecule has 37 heteroatoms. The van der Waals surface area contributed by atoms with Crippen LogP contribution in [-0.4, -0.2) is 164 Å². The Balaban J connectivity index is 1.65. The number of nitrogens with one attached hydrogen (secondary N) is 7. The van der Waals surface area contributed by atoms with Crippen LogP contribution in [0.1, 0.15) is 71.2 Å². The highest BCUT2D eigenvalue weighted by Crippen LogP contribution is 2.10. The quantitative estimate of drug-likeness (QED) is 0.0100. The van der Waals surface area contributed by atoms with Crippen LogP contribution < -0.4 is 67.1 Å². The molecule has 4 aromatic heterocycles. The Morgan fingerprint density at radius 2 is 0.682 bits per heavy atom. The Labute approximate surface area is 478 Å². The average molecular weight is 1200 g/mol. The van der Waals surface area contributed by atoms with Gasteiger partial charge >= 0.3 is 52.6 Å². The predicted molar refractivity (Wildman–Crippen MR) is 288 cm³/mol. The van der Waals surface area contributed by atoms with Crippen LogP contribution in [0.5, 0.6) is 0 Å². The normalized spacial score (nSPS) is 11.3. The molecule has 464 valence electrons. The zero-order valence-corrected chi connectivity index (χ0v) is 47.4. The summed E-state index contributed by atoms with van der Waals surface area (Å²) in [5.41, 5.74) is -3.35. The number of rotatable bonds is 31. The summed E-state index contributed by atoms with van der Waals surface area (Å²) in [7, 11) is 0. The molecule has 0 aliphatic rings. The summed E-state index contributed by atoms with van der Waals surface area (Å²) in [5.74, 6) is -1.83. The maximum atomic E-state index is 14.0. The molecule has 0 atom stereocenters. The van der Waals surface area contributed by atoms with Crippen LogP contribution >= 0.6 is 0 Å². The molecular weight excluding hydrogens is 1140 g/mol. The van der Waals surface area contributed by atoms with E-state index < -0.39 is 177 Å². The maximum Gasteiger partial charge on any atom is 0.329 e. The van der Waals surface area contributed by atoms with Crippen molar-refractivity contribution in [2.45, 2.75) is 106 Å². The number of nitrogens with zero attached hydrogens (tertiary/aromatic N) is 8. The minimum atomic E-state index is -1.22. The molecule has 37 nitrogen and oxygen atoms in total. The second-order valence-corrected chi connectivity index (χ2v) is 18.9. The van der Waals surface area contributed by atoms with Crippen molar-refractivity contribution in [3.05, 3.63) is 130 Å². The standard InChI is InChI=1S/C48H66N16O21/c1-8-81-39(72)23-57(49)16-28-12-32(65)50-44(77)61(28)20-36(69)54-58(24-40(73)82-9-2)17-29-13-33(66)51-45(78)62(29)21-37(70)55-59(25-41(74)83-10-3)18-30-14-34(67)52-46(79)63(30)22-38(71)56-60(26-42(75)84-11-4)19-31-15-35(68)53-47(80)64(31)27-43(76)85-48(5,6)7/h12-15H,8-11,16-27,49H2,1-7H3,(H,54,69)(H,55,70)(H,56,71)(H,50,65,77)(H,51,66,78)(H,52,67,79)(H,53,68,80). The summed E-state index contributed by atoms with van der Waals surface area (Å²) in [6.07, 6.45) is 0. The molecule has 3 amide bonds. The topological polar surface area (TPSA) is 477 Å². The third-order valence-corrected chi connectivity index (χ3v) is 10.9. The average Bonchev–Trinajstić information content (AvgIpc) is 2.92. The lowest BCUT2D eigenvalue weighted by Gasteiger charge is -2.26. The lowest BCUT2D eigenvalue weighted by Crippen LogP contribution is -2.51. The lowest BCUT2D eigenvalue weighted by molar-refractivity contribution is -0.156. The Bertz CT molecular complexity index is 3600. The molecule has 0 bridgehead atoms. The molecule has 0 radical (unpaired) electrons. The van der Waals surface area contributed by atoms with Gasteiger partial charge in [0, 0.05) is 47.0 Å². The van der Waals surface area contributed by atoms with E-state index in [1.165, 1.54) is 20.8 Å². The van der Waals surface area contributed by atoms with Crippen molar-refractivity contribution in [2.24, 2.45) is 5.84 Å². The number of aromatic amines is 4. The number of hydrogen-bond acceptors (Lipinski definition) is 26. The smallest absolute Gasteiger partial charge is 0.329 e. The Morgan fingerprint density at radius 1 is 0.424 bits per heavy atom. The number of H-pyrrole nitrogens is 4. The van der Waals surface area contributed by atoms with Crippen molar-refractivity contribution < 1.29 is 62.0 Å². The fraction of sp³-hybridized carbons (Fsp3) is 0.500. The van der Waals surface area contributed by atoms with Crippen LogP contribution in [0, 0.1) is 0 Å². The van der Waals surface area contributed by atoms with Crippen molar-refractivity contribution in [3.8, 4) is 0 Å². The van der Waals surface area contributed by atoms with Crippen molar-refractivity contribution in [2.75, 3.05) is 52.6 Å². The maximum absolute atomic E-state index is 14.0. The zero-order valence-electron chi connectivity index (χ0n) is 47.4. The van der Waals surface area contributed by atoms with Gasteiger partial charge in [0.15, 0.2) is 0 Å². The van der Waals surface area contributed by atoms with Gasteiger partial charge in [-0.3, -0.25) is 118 Å². The molecule has 0 aliphatic heterocycles. The molecule has 0 saturated carbocycles. The second kappa shape index (κ2) is 31.6. The molecule has 4 heterocycles. The number of esters is 5. The van der Waals surface area contributed by atoms with Crippen LogP contribution in [-0.2, 0) is 114 Å². The van der Waals surface area contributed by atoms with Gasteiger partial charge in [0.05, 0.1) is 52.6 Å². The van der Waals surface area contributed by atoms with E-state index in [0.717, 1.165) is 53.4 Å². The van der Waals surface area contributed by atoms with E-state index in [-0.39, 0.29) is 49.2 Å². The minimum Gasteiger partial charge on any atom is -0.465 e. The summed E-state index contributed by atoms with van der Waals surface area (Å²) in [6, 6.07) is 3.51. The van der Waals surface area contributed by atoms with Gasteiger partial charge in [0.25, 0.3) is 40.0 Å². The Morgan fingerprint density at radius 3 is 0.953 bits per heavy atom. The summed E-state index contributed by atoms with van der Waals surface area (Å²) >= 11 is 0. The van der Waals surface area contributed by atoms with Crippen LogP contribution in [0.2, 0.25) is 0 Å². The van der Waals surface area contributed by atoms with E-state index in [1.807, 2.05) is 19.9 Å². The number of hydrogen-bond donors (Lipinski definition) is 8. The zero-order chi connectivity index (χ0) is 63.3. The minimum absolute atomic E-state index is 0.0307. The molecule has 9 N–H and O–H groups in total. The van der Waals surface area contributed by atoms with Crippen LogP contribution in [0.4, 0.5) is 0 Å². The summed E-state index contributed by atoms with van der Waals surface area (Å²) in [4.78, 5) is 216. The molecule has 0 saturated heterocycles. The third-order valence-electron chi connectivity index (χ3n) is 10.9. The summed E-state index contributed by atoms with van der Waals surface area (Å²) in [5, 5.41) is 3.48. The van der Waals surface area contributed by atoms with Gasteiger partial charge in [-0.05, 0) is 48.5 Å². The first kappa shape index (κ1) is 67.8. The number of ether oxygens (including phenoxy) is 5. The van der Waals surface area contributed by atoms with E-state index >= 15 is 0 Å². The fourth-order valence-corrected chi connectivity index (χ4v) is 7.78. The number of nitrogens with two attached hydrogens (primary N) is 1. The van der Waals surface area contributed by atoms with E-state index in [2.05, 4.69) is 16.3 Å². The SMILES string of the molecule is CCOC(=O)CN(N)Cc1cc(=O)[nH]c(=O)n1CC(=O)NN(CC(=O)OCC)Cc1cc(=O)[nH]c(=O)n1CC(=O)NN(CC(=O)OCC)Cc1cc(=O)[nH]c(=O)n1CC(=O)NN(CC(=O)OCC)Cc1cc(=O)[nH]c(=O)n1CC(=O)OC(C)(C)C. The van der Waals surface area contributed by atoms with E-state index in [1.54, 1.807) is 27.7 Å². The van der Waals surface area contributed by atoms with Gasteiger partial charge in [-0.25, -0.2) is 39.2 Å². The highest BCUT2D eigenvalue weighted by atomic mass is 16.6. The lowest BCUT2D eigenvalue weighted by atomic mass is 10.2.